The second-order valence-electron chi connectivity index (χ2n) is 4.07. The van der Waals surface area contributed by atoms with Gasteiger partial charge in [0.05, 0.1) is 24.2 Å². The Balaban J connectivity index is 1.90. The van der Waals surface area contributed by atoms with Crippen LogP contribution in [0.1, 0.15) is 6.92 Å². The summed E-state index contributed by atoms with van der Waals surface area (Å²) in [5.74, 6) is 1.07. The highest BCUT2D eigenvalue weighted by molar-refractivity contribution is 9.10. The Kier molecular flexibility index (Phi) is 4.41. The molecule has 0 radical (unpaired) electrons. The largest absolute Gasteiger partial charge is 0.450 e. The number of anilines is 1. The molecule has 1 saturated heterocycles. The van der Waals surface area contributed by atoms with Gasteiger partial charge in [-0.2, -0.15) is 0 Å². The van der Waals surface area contributed by atoms with Crippen molar-refractivity contribution in [1.29, 1.82) is 0 Å². The van der Waals surface area contributed by atoms with Gasteiger partial charge in [0.1, 0.15) is 19.3 Å². The number of carbonyl (C=O) groups excluding carboxylic acids is 1. The van der Waals surface area contributed by atoms with Crippen LogP contribution < -0.4 is 9.88 Å². The quantitative estimate of drug-likeness (QED) is 0.832. The summed E-state index contributed by atoms with van der Waals surface area (Å²) in [7, 11) is 0. The van der Waals surface area contributed by atoms with Crippen LogP contribution in [-0.2, 0) is 4.74 Å². The van der Waals surface area contributed by atoms with Gasteiger partial charge in [-0.15, -0.1) is 0 Å². The fourth-order valence-electron chi connectivity index (χ4n) is 1.94. The van der Waals surface area contributed by atoms with E-state index < -0.39 is 0 Å². The molecule has 1 aliphatic rings. The lowest BCUT2D eigenvalue weighted by Crippen LogP contribution is -2.50. The highest BCUT2D eigenvalue weighted by Crippen LogP contribution is 2.13. The summed E-state index contributed by atoms with van der Waals surface area (Å²) in [5.41, 5.74) is 0. The standard InChI is InChI=1S/C12H16BrN3O2/c1-2-18-12(17)16-7-5-15(6-8-16)11-4-3-10(13)9-14-11/h3-4,9H,2,5-8H2,1H3/p+1. The van der Waals surface area contributed by atoms with E-state index in [1.807, 2.05) is 25.3 Å². The van der Waals surface area contributed by atoms with Crippen LogP contribution in [0.3, 0.4) is 0 Å². The van der Waals surface area contributed by atoms with Crippen molar-refractivity contribution in [2.75, 3.05) is 37.7 Å². The summed E-state index contributed by atoms with van der Waals surface area (Å²) in [6.45, 7) is 5.28. The molecule has 1 aromatic rings. The molecule has 2 rings (SSSR count). The highest BCUT2D eigenvalue weighted by Gasteiger charge is 2.26. The van der Waals surface area contributed by atoms with Gasteiger partial charge in [0, 0.05) is 6.07 Å². The van der Waals surface area contributed by atoms with Crippen LogP contribution in [0.25, 0.3) is 0 Å². The monoisotopic (exact) mass is 314 g/mol. The number of piperazine rings is 1. The first kappa shape index (κ1) is 13.1. The minimum atomic E-state index is -0.211. The molecule has 18 heavy (non-hydrogen) atoms. The molecule has 0 aromatic carbocycles. The number of nitrogens with one attached hydrogen (secondary N) is 1. The number of halogens is 1. The molecule has 1 aliphatic heterocycles. The van der Waals surface area contributed by atoms with Gasteiger partial charge in [-0.1, -0.05) is 0 Å². The molecule has 1 aromatic heterocycles. The number of amides is 1. The number of rotatable bonds is 2. The summed E-state index contributed by atoms with van der Waals surface area (Å²) >= 11 is 3.40. The van der Waals surface area contributed by atoms with Crippen LogP contribution in [0.5, 0.6) is 0 Å². The van der Waals surface area contributed by atoms with Crippen LogP contribution >= 0.6 is 15.9 Å². The predicted molar refractivity (Wildman–Crippen MR) is 71.5 cm³/mol. The zero-order valence-electron chi connectivity index (χ0n) is 10.4. The van der Waals surface area contributed by atoms with E-state index in [9.17, 15) is 4.79 Å². The number of H-pyrrole nitrogens is 1. The van der Waals surface area contributed by atoms with E-state index in [1.54, 1.807) is 4.90 Å². The predicted octanol–water partition coefficient (Wildman–Crippen LogP) is 1.54. The second-order valence-corrected chi connectivity index (χ2v) is 4.98. The highest BCUT2D eigenvalue weighted by atomic mass is 79.9. The first-order valence-electron chi connectivity index (χ1n) is 6.04. The van der Waals surface area contributed by atoms with Crippen LogP contribution in [0.4, 0.5) is 10.6 Å². The molecule has 5 nitrogen and oxygen atoms in total. The zero-order valence-corrected chi connectivity index (χ0v) is 11.9. The summed E-state index contributed by atoms with van der Waals surface area (Å²) in [4.78, 5) is 18.8. The third kappa shape index (κ3) is 3.13. The Morgan fingerprint density at radius 3 is 2.67 bits per heavy atom. The molecule has 1 amide bonds. The molecule has 0 bridgehead atoms. The Morgan fingerprint density at radius 1 is 1.39 bits per heavy atom. The number of aromatic amines is 1. The molecule has 0 spiro atoms. The first-order valence-corrected chi connectivity index (χ1v) is 6.84. The van der Waals surface area contributed by atoms with Crippen LogP contribution in [0.2, 0.25) is 0 Å². The van der Waals surface area contributed by atoms with Gasteiger partial charge in [0.25, 0.3) is 5.82 Å². The van der Waals surface area contributed by atoms with E-state index >= 15 is 0 Å². The third-order valence-corrected chi connectivity index (χ3v) is 3.40. The normalized spacial score (nSPS) is 15.7. The number of ether oxygens (including phenoxy) is 1. The van der Waals surface area contributed by atoms with Gasteiger partial charge < -0.3 is 9.64 Å². The lowest BCUT2D eigenvalue weighted by molar-refractivity contribution is -0.365. The number of aromatic nitrogens is 1. The summed E-state index contributed by atoms with van der Waals surface area (Å²) in [6.07, 6.45) is 1.70. The smallest absolute Gasteiger partial charge is 0.410 e. The summed E-state index contributed by atoms with van der Waals surface area (Å²) in [6, 6.07) is 4.04. The minimum Gasteiger partial charge on any atom is -0.450 e. The number of carbonyl (C=O) groups is 1. The average molecular weight is 315 g/mol. The van der Waals surface area contributed by atoms with Gasteiger partial charge in [0.15, 0.2) is 0 Å². The topological polar surface area (TPSA) is 46.9 Å². The SMILES string of the molecule is CCOC(=O)N1CCN(c2ccc(Br)c[nH+]2)CC1. The fraction of sp³-hybridized carbons (Fsp3) is 0.500. The molecule has 2 heterocycles. The Labute approximate surface area is 115 Å². The lowest BCUT2D eigenvalue weighted by Gasteiger charge is -2.30. The molecular formula is C12H17BrN3O2+. The van der Waals surface area contributed by atoms with E-state index in [0.717, 1.165) is 23.4 Å². The molecular weight excluding hydrogens is 298 g/mol. The van der Waals surface area contributed by atoms with Crippen molar-refractivity contribution in [2.45, 2.75) is 6.92 Å². The van der Waals surface area contributed by atoms with Gasteiger partial charge >= 0.3 is 6.09 Å². The van der Waals surface area contributed by atoms with E-state index in [4.69, 9.17) is 4.74 Å². The Hall–Kier alpha value is -1.30. The van der Waals surface area contributed by atoms with Crippen molar-refractivity contribution >= 4 is 27.8 Å². The number of hydrogen-bond donors (Lipinski definition) is 0. The van der Waals surface area contributed by atoms with Gasteiger partial charge in [-0.3, -0.25) is 4.90 Å². The van der Waals surface area contributed by atoms with Gasteiger partial charge in [0.2, 0.25) is 0 Å². The van der Waals surface area contributed by atoms with E-state index in [1.165, 1.54) is 0 Å². The van der Waals surface area contributed by atoms with E-state index in [0.29, 0.717) is 19.7 Å². The zero-order chi connectivity index (χ0) is 13.0. The Morgan fingerprint density at radius 2 is 2.11 bits per heavy atom. The minimum absolute atomic E-state index is 0.211. The number of pyridine rings is 1. The fourth-order valence-corrected chi connectivity index (χ4v) is 2.19. The number of hydrogen-bond acceptors (Lipinski definition) is 3. The van der Waals surface area contributed by atoms with Crippen molar-refractivity contribution in [2.24, 2.45) is 0 Å². The van der Waals surface area contributed by atoms with Crippen molar-refractivity contribution in [3.8, 4) is 0 Å². The lowest BCUT2D eigenvalue weighted by atomic mass is 10.3. The molecule has 1 fully saturated rings. The summed E-state index contributed by atoms with van der Waals surface area (Å²) in [5, 5.41) is 0. The van der Waals surface area contributed by atoms with Gasteiger partial charge in [-0.25, -0.2) is 9.78 Å². The molecule has 98 valence electrons. The van der Waals surface area contributed by atoms with E-state index in [-0.39, 0.29) is 6.09 Å². The van der Waals surface area contributed by atoms with Crippen LogP contribution in [0, 0.1) is 0 Å². The second kappa shape index (κ2) is 6.04. The molecule has 0 saturated carbocycles. The maximum absolute atomic E-state index is 11.6. The van der Waals surface area contributed by atoms with Gasteiger partial charge in [-0.05, 0) is 28.9 Å². The number of nitrogens with zero attached hydrogens (tertiary/aromatic N) is 2. The van der Waals surface area contributed by atoms with Crippen molar-refractivity contribution in [3.05, 3.63) is 22.8 Å². The first-order chi connectivity index (χ1) is 8.70. The molecule has 1 N–H and O–H groups in total. The Bertz CT molecular complexity index is 402. The van der Waals surface area contributed by atoms with Crippen LogP contribution in [0.15, 0.2) is 22.8 Å². The van der Waals surface area contributed by atoms with Crippen molar-refractivity contribution in [3.63, 3.8) is 0 Å². The summed E-state index contributed by atoms with van der Waals surface area (Å²) < 4.78 is 6.02. The molecule has 6 heteroatoms. The van der Waals surface area contributed by atoms with Crippen molar-refractivity contribution in [1.82, 2.24) is 4.90 Å². The maximum atomic E-state index is 11.6. The molecule has 0 unspecified atom stereocenters. The van der Waals surface area contributed by atoms with E-state index in [2.05, 4.69) is 25.8 Å². The average Bonchev–Trinajstić information content (AvgIpc) is 2.40. The maximum Gasteiger partial charge on any atom is 0.410 e. The third-order valence-electron chi connectivity index (χ3n) is 2.90. The molecule has 0 atom stereocenters. The van der Waals surface area contributed by atoms with Crippen molar-refractivity contribution < 1.29 is 14.5 Å². The van der Waals surface area contributed by atoms with Crippen LogP contribution in [-0.4, -0.2) is 43.8 Å². The molecule has 0 aliphatic carbocycles.